The molecule has 26 heavy (non-hydrogen) atoms. The Balaban J connectivity index is 1.55. The summed E-state index contributed by atoms with van der Waals surface area (Å²) in [4.78, 5) is 15.1. The van der Waals surface area contributed by atoms with Gasteiger partial charge in [-0.2, -0.15) is 0 Å². The number of ether oxygens (including phenoxy) is 1. The number of sulfone groups is 1. The summed E-state index contributed by atoms with van der Waals surface area (Å²) in [6, 6.07) is 8.03. The lowest BCUT2D eigenvalue weighted by Crippen LogP contribution is -2.68. The van der Waals surface area contributed by atoms with E-state index >= 15 is 0 Å². The van der Waals surface area contributed by atoms with Crippen LogP contribution in [0.1, 0.15) is 0 Å². The molecule has 2 N–H and O–H groups in total. The molecule has 0 saturated carbocycles. The van der Waals surface area contributed by atoms with Crippen molar-refractivity contribution in [2.24, 2.45) is 5.92 Å². The Hall–Kier alpha value is -2.00. The van der Waals surface area contributed by atoms with Crippen molar-refractivity contribution in [1.82, 2.24) is 15.5 Å². The normalized spacial score (nSPS) is 29.6. The number of nitrogens with one attached hydrogen (secondary N) is 2. The molecule has 4 rings (SSSR count). The smallest absolute Gasteiger partial charge is 0.231 e. The van der Waals surface area contributed by atoms with Gasteiger partial charge in [-0.3, -0.25) is 15.0 Å². The van der Waals surface area contributed by atoms with Crippen LogP contribution in [-0.4, -0.2) is 57.9 Å². The quantitative estimate of drug-likeness (QED) is 0.787. The summed E-state index contributed by atoms with van der Waals surface area (Å²) >= 11 is 0. The maximum atomic E-state index is 12.8. The predicted octanol–water partition coefficient (Wildman–Crippen LogP) is 0.234. The second-order valence-electron chi connectivity index (χ2n) is 6.52. The first-order valence-corrected chi connectivity index (χ1v) is 10.1. The number of carbonyl (C=O) groups excluding carboxylic acids is 1. The number of hydrogen-bond acceptors (Lipinski definition) is 6. The van der Waals surface area contributed by atoms with Crippen molar-refractivity contribution in [2.75, 3.05) is 26.3 Å². The summed E-state index contributed by atoms with van der Waals surface area (Å²) in [5.74, 6) is -0.721. The van der Waals surface area contributed by atoms with E-state index in [-0.39, 0.29) is 28.0 Å². The lowest BCUT2D eigenvalue weighted by molar-refractivity contribution is -0.131. The van der Waals surface area contributed by atoms with Crippen LogP contribution in [-0.2, 0) is 19.4 Å². The number of carbonyl (C=O) groups is 1. The Kier molecular flexibility index (Phi) is 4.66. The Morgan fingerprint density at radius 2 is 1.85 bits per heavy atom. The highest BCUT2D eigenvalue weighted by Gasteiger charge is 2.39. The van der Waals surface area contributed by atoms with E-state index in [4.69, 9.17) is 4.74 Å². The van der Waals surface area contributed by atoms with Gasteiger partial charge in [0, 0.05) is 19.1 Å². The van der Waals surface area contributed by atoms with Crippen molar-refractivity contribution in [3.8, 4) is 0 Å². The fourth-order valence-electron chi connectivity index (χ4n) is 3.45. The molecule has 1 aliphatic carbocycles. The van der Waals surface area contributed by atoms with E-state index < -0.39 is 15.8 Å². The van der Waals surface area contributed by atoms with Crippen LogP contribution in [0.4, 0.5) is 0 Å². The molecule has 2 saturated heterocycles. The van der Waals surface area contributed by atoms with E-state index in [1.54, 1.807) is 48.6 Å². The van der Waals surface area contributed by atoms with Crippen molar-refractivity contribution < 1.29 is 17.9 Å². The number of allylic oxidation sites excluding steroid dienone is 1. The number of amides is 1. The van der Waals surface area contributed by atoms with E-state index in [9.17, 15) is 13.2 Å². The Morgan fingerprint density at radius 1 is 1.12 bits per heavy atom. The van der Waals surface area contributed by atoms with E-state index in [2.05, 4.69) is 15.5 Å². The number of hydrogen-bond donors (Lipinski definition) is 2. The average Bonchev–Trinajstić information content (AvgIpc) is 2.69. The van der Waals surface area contributed by atoms with E-state index in [1.165, 1.54) is 0 Å². The minimum atomic E-state index is -3.63. The van der Waals surface area contributed by atoms with Gasteiger partial charge in [-0.25, -0.2) is 8.42 Å². The molecule has 7 nitrogen and oxygen atoms in total. The largest absolute Gasteiger partial charge is 0.379 e. The standard InChI is InChI=1S/C18H21N3O4S/c22-17-15-12-14(26(23,24)13-4-2-1-3-5-13)6-7-16(15)19-18(20-17)21-8-10-25-11-9-21/h1-7,12,15-16,18-19H,8-11H2,(H,20,22). The minimum absolute atomic E-state index is 0.159. The zero-order chi connectivity index (χ0) is 18.1. The summed E-state index contributed by atoms with van der Waals surface area (Å²) in [7, 11) is -3.63. The third-order valence-electron chi connectivity index (χ3n) is 4.91. The third-order valence-corrected chi connectivity index (χ3v) is 6.69. The number of benzene rings is 1. The van der Waals surface area contributed by atoms with Gasteiger partial charge in [0.1, 0.15) is 6.29 Å². The first-order valence-electron chi connectivity index (χ1n) is 8.64. The Bertz CT molecular complexity index is 844. The number of rotatable bonds is 3. The minimum Gasteiger partial charge on any atom is -0.379 e. The average molecular weight is 375 g/mol. The van der Waals surface area contributed by atoms with Crippen LogP contribution in [0.15, 0.2) is 58.4 Å². The molecule has 0 spiro atoms. The SMILES string of the molecule is O=C1NC(N2CCOCC2)NC2C=CC(S(=O)(=O)c3ccccc3)=CC12. The Morgan fingerprint density at radius 3 is 2.58 bits per heavy atom. The van der Waals surface area contributed by atoms with Crippen molar-refractivity contribution in [3.05, 3.63) is 53.5 Å². The molecule has 8 heteroatoms. The molecule has 0 aromatic heterocycles. The maximum Gasteiger partial charge on any atom is 0.231 e. The third kappa shape index (κ3) is 3.21. The number of fused-ring (bicyclic) bond motifs is 1. The monoisotopic (exact) mass is 375 g/mol. The number of nitrogens with zero attached hydrogens (tertiary/aromatic N) is 1. The lowest BCUT2D eigenvalue weighted by Gasteiger charge is -2.42. The fourth-order valence-corrected chi connectivity index (χ4v) is 4.83. The van der Waals surface area contributed by atoms with Crippen LogP contribution in [0, 0.1) is 5.92 Å². The maximum absolute atomic E-state index is 12.8. The summed E-state index contributed by atoms with van der Waals surface area (Å²) < 4.78 is 30.9. The molecule has 2 heterocycles. The van der Waals surface area contributed by atoms with Crippen LogP contribution >= 0.6 is 0 Å². The second-order valence-corrected chi connectivity index (χ2v) is 8.47. The zero-order valence-corrected chi connectivity index (χ0v) is 15.0. The van der Waals surface area contributed by atoms with Gasteiger partial charge in [-0.1, -0.05) is 30.4 Å². The van der Waals surface area contributed by atoms with E-state index in [0.717, 1.165) is 13.1 Å². The molecule has 0 bridgehead atoms. The highest BCUT2D eigenvalue weighted by atomic mass is 32.2. The van der Waals surface area contributed by atoms with Crippen molar-refractivity contribution >= 4 is 15.7 Å². The molecule has 1 aromatic rings. The molecule has 2 fully saturated rings. The van der Waals surface area contributed by atoms with Gasteiger partial charge in [0.05, 0.1) is 28.9 Å². The molecular formula is C18H21N3O4S. The van der Waals surface area contributed by atoms with Gasteiger partial charge >= 0.3 is 0 Å². The molecule has 1 amide bonds. The van der Waals surface area contributed by atoms with Gasteiger partial charge in [0.15, 0.2) is 0 Å². The summed E-state index contributed by atoms with van der Waals surface area (Å²) in [6.45, 7) is 2.75. The van der Waals surface area contributed by atoms with E-state index in [1.807, 2.05) is 0 Å². The van der Waals surface area contributed by atoms with Gasteiger partial charge in [0.2, 0.25) is 15.7 Å². The van der Waals surface area contributed by atoms with Gasteiger partial charge in [-0.05, 0) is 18.2 Å². The lowest BCUT2D eigenvalue weighted by atomic mass is 9.92. The highest BCUT2D eigenvalue weighted by Crippen LogP contribution is 2.28. The summed E-state index contributed by atoms with van der Waals surface area (Å²) in [5.41, 5.74) is 0. The predicted molar refractivity (Wildman–Crippen MR) is 95.6 cm³/mol. The van der Waals surface area contributed by atoms with Crippen molar-refractivity contribution in [2.45, 2.75) is 17.2 Å². The molecule has 3 unspecified atom stereocenters. The molecule has 1 aromatic carbocycles. The molecule has 138 valence electrons. The second kappa shape index (κ2) is 6.96. The fraction of sp³-hybridized carbons (Fsp3) is 0.389. The van der Waals surface area contributed by atoms with Crippen molar-refractivity contribution in [3.63, 3.8) is 0 Å². The molecule has 2 aliphatic heterocycles. The van der Waals surface area contributed by atoms with Gasteiger partial charge < -0.3 is 10.1 Å². The van der Waals surface area contributed by atoms with Crippen LogP contribution < -0.4 is 10.6 Å². The Labute approximate surface area is 152 Å². The van der Waals surface area contributed by atoms with E-state index in [0.29, 0.717) is 13.2 Å². The van der Waals surface area contributed by atoms with Crippen LogP contribution in [0.5, 0.6) is 0 Å². The van der Waals surface area contributed by atoms with Gasteiger partial charge in [-0.15, -0.1) is 0 Å². The summed E-state index contributed by atoms with van der Waals surface area (Å²) in [6.07, 6.45) is 4.64. The van der Waals surface area contributed by atoms with Crippen LogP contribution in [0.25, 0.3) is 0 Å². The molecular weight excluding hydrogens is 354 g/mol. The first kappa shape index (κ1) is 17.4. The van der Waals surface area contributed by atoms with Crippen molar-refractivity contribution in [1.29, 1.82) is 0 Å². The summed E-state index contributed by atoms with van der Waals surface area (Å²) in [5, 5.41) is 6.32. The first-order chi connectivity index (χ1) is 12.6. The highest BCUT2D eigenvalue weighted by molar-refractivity contribution is 7.95. The number of morpholine rings is 1. The van der Waals surface area contributed by atoms with Gasteiger partial charge in [0.25, 0.3) is 0 Å². The topological polar surface area (TPSA) is 87.7 Å². The van der Waals surface area contributed by atoms with Crippen LogP contribution in [0.3, 0.4) is 0 Å². The molecule has 3 atom stereocenters. The van der Waals surface area contributed by atoms with Crippen LogP contribution in [0.2, 0.25) is 0 Å². The molecule has 0 radical (unpaired) electrons. The zero-order valence-electron chi connectivity index (χ0n) is 14.2. The molecule has 3 aliphatic rings.